The first-order chi connectivity index (χ1) is 7.12. The van der Waals surface area contributed by atoms with Crippen molar-refractivity contribution in [3.8, 4) is 0 Å². The van der Waals surface area contributed by atoms with Gasteiger partial charge >= 0.3 is 0 Å². The van der Waals surface area contributed by atoms with Crippen LogP contribution in [-0.4, -0.2) is 36.0 Å². The highest BCUT2D eigenvalue weighted by Gasteiger charge is 2.26. The molecule has 0 radical (unpaired) electrons. The molecule has 4 N–H and O–H groups in total. The van der Waals surface area contributed by atoms with E-state index in [1.807, 2.05) is 6.92 Å². The third-order valence-electron chi connectivity index (χ3n) is 2.91. The second kappa shape index (κ2) is 7.65. The van der Waals surface area contributed by atoms with Gasteiger partial charge in [0.05, 0.1) is 6.04 Å². The molecule has 0 saturated carbocycles. The molecule has 1 unspecified atom stereocenters. The average molecular weight is 215 g/mol. The van der Waals surface area contributed by atoms with Gasteiger partial charge in [0, 0.05) is 19.1 Å². The molecule has 0 saturated heterocycles. The van der Waals surface area contributed by atoms with Crippen LogP contribution in [0.3, 0.4) is 0 Å². The number of hydrogen-bond donors (Lipinski definition) is 2. The summed E-state index contributed by atoms with van der Waals surface area (Å²) in [6.07, 6.45) is 2.81. The van der Waals surface area contributed by atoms with Crippen molar-refractivity contribution in [3.05, 3.63) is 0 Å². The largest absolute Gasteiger partial charge is 0.368 e. The van der Waals surface area contributed by atoms with Crippen LogP contribution in [0.4, 0.5) is 0 Å². The summed E-state index contributed by atoms with van der Waals surface area (Å²) in [5, 5.41) is 0. The minimum Gasteiger partial charge on any atom is -0.368 e. The van der Waals surface area contributed by atoms with Crippen LogP contribution in [0.5, 0.6) is 0 Å². The van der Waals surface area contributed by atoms with Gasteiger partial charge in [0.15, 0.2) is 0 Å². The van der Waals surface area contributed by atoms with E-state index in [4.69, 9.17) is 11.5 Å². The van der Waals surface area contributed by atoms with Crippen molar-refractivity contribution in [2.75, 3.05) is 13.1 Å². The monoisotopic (exact) mass is 215 g/mol. The maximum atomic E-state index is 11.3. The fourth-order valence-electron chi connectivity index (χ4n) is 2.10. The summed E-state index contributed by atoms with van der Waals surface area (Å²) in [5.74, 6) is -0.238. The molecule has 1 amide bonds. The number of carbonyl (C=O) groups is 1. The molecular weight excluding hydrogens is 190 g/mol. The second-order valence-electron chi connectivity index (χ2n) is 3.82. The van der Waals surface area contributed by atoms with Crippen molar-refractivity contribution < 1.29 is 4.79 Å². The molecule has 90 valence electrons. The van der Waals surface area contributed by atoms with Crippen LogP contribution in [0.1, 0.15) is 40.0 Å². The molecule has 0 aromatic rings. The molecular formula is C11H25N3O. The molecule has 0 aromatic carbocycles. The van der Waals surface area contributed by atoms with E-state index < -0.39 is 0 Å². The zero-order chi connectivity index (χ0) is 11.8. The minimum atomic E-state index is -0.238. The lowest BCUT2D eigenvalue weighted by Gasteiger charge is -2.35. The fraction of sp³-hybridized carbons (Fsp3) is 0.909. The SMILES string of the molecule is CCC(CC)N(CCN)C(CC)C(N)=O. The van der Waals surface area contributed by atoms with Crippen LogP contribution in [0.15, 0.2) is 0 Å². The normalized spacial score (nSPS) is 13.5. The first-order valence-electron chi connectivity index (χ1n) is 5.87. The first-order valence-corrected chi connectivity index (χ1v) is 5.87. The molecule has 0 aromatic heterocycles. The zero-order valence-electron chi connectivity index (χ0n) is 10.2. The number of rotatable bonds is 8. The van der Waals surface area contributed by atoms with E-state index in [1.165, 1.54) is 0 Å². The van der Waals surface area contributed by atoms with Gasteiger partial charge in [-0.2, -0.15) is 0 Å². The molecule has 15 heavy (non-hydrogen) atoms. The van der Waals surface area contributed by atoms with Gasteiger partial charge in [-0.25, -0.2) is 0 Å². The van der Waals surface area contributed by atoms with Crippen molar-refractivity contribution >= 4 is 5.91 Å². The summed E-state index contributed by atoms with van der Waals surface area (Å²) in [7, 11) is 0. The molecule has 4 nitrogen and oxygen atoms in total. The Hall–Kier alpha value is -0.610. The van der Waals surface area contributed by atoms with E-state index in [1.54, 1.807) is 0 Å². The lowest BCUT2D eigenvalue weighted by molar-refractivity contribution is -0.124. The predicted molar refractivity (Wildman–Crippen MR) is 63.4 cm³/mol. The van der Waals surface area contributed by atoms with Gasteiger partial charge in [-0.1, -0.05) is 20.8 Å². The number of amides is 1. The Morgan fingerprint density at radius 3 is 2.00 bits per heavy atom. The number of nitrogens with zero attached hydrogens (tertiary/aromatic N) is 1. The molecule has 0 heterocycles. The molecule has 0 aliphatic heterocycles. The summed E-state index contributed by atoms with van der Waals surface area (Å²) in [5.41, 5.74) is 11.0. The maximum Gasteiger partial charge on any atom is 0.234 e. The Balaban J connectivity index is 4.65. The fourth-order valence-corrected chi connectivity index (χ4v) is 2.10. The molecule has 0 aliphatic carbocycles. The summed E-state index contributed by atoms with van der Waals surface area (Å²) < 4.78 is 0. The zero-order valence-corrected chi connectivity index (χ0v) is 10.2. The minimum absolute atomic E-state index is 0.168. The highest BCUT2D eigenvalue weighted by Crippen LogP contribution is 2.14. The number of hydrogen-bond acceptors (Lipinski definition) is 3. The van der Waals surface area contributed by atoms with Gasteiger partial charge in [-0.15, -0.1) is 0 Å². The van der Waals surface area contributed by atoms with Gasteiger partial charge in [-0.05, 0) is 19.3 Å². The number of primary amides is 1. The van der Waals surface area contributed by atoms with Crippen LogP contribution in [0.25, 0.3) is 0 Å². The van der Waals surface area contributed by atoms with Crippen LogP contribution < -0.4 is 11.5 Å². The van der Waals surface area contributed by atoms with Gasteiger partial charge in [0.1, 0.15) is 0 Å². The molecule has 0 fully saturated rings. The highest BCUT2D eigenvalue weighted by molar-refractivity contribution is 5.79. The Labute approximate surface area is 93.0 Å². The van der Waals surface area contributed by atoms with Crippen molar-refractivity contribution in [2.24, 2.45) is 11.5 Å². The third-order valence-corrected chi connectivity index (χ3v) is 2.91. The van der Waals surface area contributed by atoms with Crippen molar-refractivity contribution in [2.45, 2.75) is 52.1 Å². The standard InChI is InChI=1S/C11H25N3O/c1-4-9(5-2)14(8-7-12)10(6-3)11(13)15/h9-10H,4-8,12H2,1-3H3,(H2,13,15). The van der Waals surface area contributed by atoms with Crippen molar-refractivity contribution in [1.29, 1.82) is 0 Å². The lowest BCUT2D eigenvalue weighted by Crippen LogP contribution is -2.51. The van der Waals surface area contributed by atoms with E-state index in [2.05, 4.69) is 18.7 Å². The van der Waals surface area contributed by atoms with Crippen LogP contribution >= 0.6 is 0 Å². The molecule has 0 bridgehead atoms. The molecule has 1 atom stereocenters. The van der Waals surface area contributed by atoms with Crippen LogP contribution in [-0.2, 0) is 4.79 Å². The highest BCUT2D eigenvalue weighted by atomic mass is 16.1. The van der Waals surface area contributed by atoms with Crippen molar-refractivity contribution in [1.82, 2.24) is 4.90 Å². The Morgan fingerprint density at radius 2 is 1.73 bits per heavy atom. The van der Waals surface area contributed by atoms with E-state index in [0.29, 0.717) is 12.6 Å². The van der Waals surface area contributed by atoms with E-state index in [9.17, 15) is 4.79 Å². The van der Waals surface area contributed by atoms with Gasteiger partial charge in [0.2, 0.25) is 5.91 Å². The summed E-state index contributed by atoms with van der Waals surface area (Å²) in [6.45, 7) is 7.56. The molecule has 0 aliphatic rings. The molecule has 0 rings (SSSR count). The summed E-state index contributed by atoms with van der Waals surface area (Å²) >= 11 is 0. The van der Waals surface area contributed by atoms with Crippen LogP contribution in [0.2, 0.25) is 0 Å². The topological polar surface area (TPSA) is 72.3 Å². The first kappa shape index (κ1) is 14.4. The summed E-state index contributed by atoms with van der Waals surface area (Å²) in [4.78, 5) is 13.5. The Kier molecular flexibility index (Phi) is 7.34. The van der Waals surface area contributed by atoms with E-state index in [-0.39, 0.29) is 11.9 Å². The van der Waals surface area contributed by atoms with Gasteiger partial charge < -0.3 is 11.5 Å². The molecule has 4 heteroatoms. The molecule has 0 spiro atoms. The van der Waals surface area contributed by atoms with Gasteiger partial charge in [0.25, 0.3) is 0 Å². The smallest absolute Gasteiger partial charge is 0.234 e. The van der Waals surface area contributed by atoms with Crippen LogP contribution in [0, 0.1) is 0 Å². The Bertz CT molecular complexity index is 181. The predicted octanol–water partition coefficient (Wildman–Crippen LogP) is 0.700. The number of carbonyl (C=O) groups excluding carboxylic acids is 1. The maximum absolute atomic E-state index is 11.3. The quantitative estimate of drug-likeness (QED) is 0.626. The van der Waals surface area contributed by atoms with E-state index in [0.717, 1.165) is 25.8 Å². The lowest BCUT2D eigenvalue weighted by atomic mass is 10.1. The second-order valence-corrected chi connectivity index (χ2v) is 3.82. The van der Waals surface area contributed by atoms with Gasteiger partial charge in [-0.3, -0.25) is 9.69 Å². The van der Waals surface area contributed by atoms with Crippen molar-refractivity contribution in [3.63, 3.8) is 0 Å². The average Bonchev–Trinajstić information content (AvgIpc) is 2.20. The third kappa shape index (κ3) is 4.18. The van der Waals surface area contributed by atoms with E-state index >= 15 is 0 Å². The summed E-state index contributed by atoms with van der Waals surface area (Å²) in [6, 6.07) is 0.240. The number of nitrogens with two attached hydrogens (primary N) is 2. The Morgan fingerprint density at radius 1 is 1.20 bits per heavy atom.